The minimum atomic E-state index is -3.57. The van der Waals surface area contributed by atoms with Crippen LogP contribution < -0.4 is 14.4 Å². The fourth-order valence-electron chi connectivity index (χ4n) is 3.03. The van der Waals surface area contributed by atoms with E-state index >= 15 is 0 Å². The molecular formula is C22H30N2O4S. The summed E-state index contributed by atoms with van der Waals surface area (Å²) in [5.74, 6) is 0.845. The summed E-state index contributed by atoms with van der Waals surface area (Å²) in [5, 5.41) is 2.81. The number of aryl methyl sites for hydroxylation is 1. The van der Waals surface area contributed by atoms with E-state index in [0.29, 0.717) is 18.2 Å². The maximum atomic E-state index is 12.3. The maximum Gasteiger partial charge on any atom is 0.240 e. The third-order valence-electron chi connectivity index (χ3n) is 4.67. The van der Waals surface area contributed by atoms with Gasteiger partial charge < -0.3 is 10.1 Å². The van der Waals surface area contributed by atoms with Crippen LogP contribution in [0.1, 0.15) is 37.3 Å². The van der Waals surface area contributed by atoms with E-state index in [4.69, 9.17) is 4.74 Å². The van der Waals surface area contributed by atoms with E-state index in [-0.39, 0.29) is 12.5 Å². The van der Waals surface area contributed by atoms with Crippen LogP contribution >= 0.6 is 0 Å². The van der Waals surface area contributed by atoms with Crippen LogP contribution in [0.15, 0.2) is 48.5 Å². The molecule has 0 radical (unpaired) electrons. The fraction of sp³-hybridized carbons (Fsp3) is 0.409. The fourth-order valence-corrected chi connectivity index (χ4v) is 3.88. The van der Waals surface area contributed by atoms with Crippen LogP contribution in [0.25, 0.3) is 0 Å². The van der Waals surface area contributed by atoms with Gasteiger partial charge in [0.25, 0.3) is 0 Å². The summed E-state index contributed by atoms with van der Waals surface area (Å²) >= 11 is 0. The van der Waals surface area contributed by atoms with Crippen molar-refractivity contribution in [1.29, 1.82) is 0 Å². The number of carbonyl (C=O) groups excluding carboxylic acids is 1. The van der Waals surface area contributed by atoms with Crippen LogP contribution in [0, 0.1) is 0 Å². The summed E-state index contributed by atoms with van der Waals surface area (Å²) in [7, 11) is -1.94. The molecule has 0 atom stereocenters. The molecule has 1 amide bonds. The second-order valence-corrected chi connectivity index (χ2v) is 9.19. The lowest BCUT2D eigenvalue weighted by Gasteiger charge is -2.22. The van der Waals surface area contributed by atoms with Gasteiger partial charge in [-0.1, -0.05) is 44.2 Å². The van der Waals surface area contributed by atoms with Gasteiger partial charge in [-0.15, -0.1) is 0 Å². The number of hydrogen-bond acceptors (Lipinski definition) is 4. The molecule has 0 unspecified atom stereocenters. The first-order chi connectivity index (χ1) is 13.7. The molecule has 7 heteroatoms. The highest BCUT2D eigenvalue weighted by Gasteiger charge is 2.20. The molecular weight excluding hydrogens is 388 g/mol. The second-order valence-electron chi connectivity index (χ2n) is 7.28. The zero-order chi connectivity index (χ0) is 21.4. The SMILES string of the molecule is COc1ccccc1CCCNC(=O)CN(c1ccc(C(C)C)cc1)S(C)(=O)=O. The topological polar surface area (TPSA) is 75.7 Å². The van der Waals surface area contributed by atoms with Gasteiger partial charge in [-0.2, -0.15) is 0 Å². The Hall–Kier alpha value is -2.54. The Bertz CT molecular complexity index is 909. The van der Waals surface area contributed by atoms with Crippen molar-refractivity contribution in [2.45, 2.75) is 32.6 Å². The number of nitrogens with zero attached hydrogens (tertiary/aromatic N) is 1. The number of benzene rings is 2. The monoisotopic (exact) mass is 418 g/mol. The van der Waals surface area contributed by atoms with E-state index in [1.54, 1.807) is 19.2 Å². The molecule has 0 aliphatic carbocycles. The van der Waals surface area contributed by atoms with E-state index in [0.717, 1.165) is 40.3 Å². The zero-order valence-electron chi connectivity index (χ0n) is 17.5. The zero-order valence-corrected chi connectivity index (χ0v) is 18.3. The molecule has 2 rings (SSSR count). The van der Waals surface area contributed by atoms with Crippen LogP contribution in [0.5, 0.6) is 5.75 Å². The number of methoxy groups -OCH3 is 1. The quantitative estimate of drug-likeness (QED) is 0.601. The molecule has 0 bridgehead atoms. The predicted octanol–water partition coefficient (Wildman–Crippen LogP) is 3.33. The molecule has 0 aliphatic heterocycles. The largest absolute Gasteiger partial charge is 0.496 e. The first-order valence-corrected chi connectivity index (χ1v) is 11.5. The molecule has 0 heterocycles. The number of para-hydroxylation sites is 1. The predicted molar refractivity (Wildman–Crippen MR) is 117 cm³/mol. The van der Waals surface area contributed by atoms with Crippen molar-refractivity contribution in [3.63, 3.8) is 0 Å². The summed E-state index contributed by atoms with van der Waals surface area (Å²) in [4.78, 5) is 12.3. The molecule has 29 heavy (non-hydrogen) atoms. The molecule has 0 fully saturated rings. The Morgan fingerprint density at radius 2 is 1.76 bits per heavy atom. The van der Waals surface area contributed by atoms with Gasteiger partial charge >= 0.3 is 0 Å². The standard InChI is InChI=1S/C22H30N2O4S/c1-17(2)18-11-13-20(14-12-18)24(29(4,26)27)16-22(25)23-15-7-9-19-8-5-6-10-21(19)28-3/h5-6,8,10-14,17H,7,9,15-16H2,1-4H3,(H,23,25). The van der Waals surface area contributed by atoms with Gasteiger partial charge in [0.2, 0.25) is 15.9 Å². The highest BCUT2D eigenvalue weighted by Crippen LogP contribution is 2.22. The number of hydrogen-bond donors (Lipinski definition) is 1. The third kappa shape index (κ3) is 6.78. The van der Waals surface area contributed by atoms with E-state index in [1.165, 1.54) is 0 Å². The molecule has 0 saturated heterocycles. The van der Waals surface area contributed by atoms with Gasteiger partial charge in [0.1, 0.15) is 12.3 Å². The Kier molecular flexibility index (Phi) is 8.08. The number of nitrogens with one attached hydrogen (secondary N) is 1. The lowest BCUT2D eigenvalue weighted by Crippen LogP contribution is -2.40. The normalized spacial score (nSPS) is 11.3. The number of carbonyl (C=O) groups is 1. The number of sulfonamides is 1. The molecule has 0 aliphatic rings. The van der Waals surface area contributed by atoms with Crippen molar-refractivity contribution >= 4 is 21.6 Å². The van der Waals surface area contributed by atoms with Gasteiger partial charge in [0, 0.05) is 6.54 Å². The summed E-state index contributed by atoms with van der Waals surface area (Å²) < 4.78 is 30.9. The Balaban J connectivity index is 1.93. The van der Waals surface area contributed by atoms with Gasteiger partial charge in [0.05, 0.1) is 19.1 Å². The van der Waals surface area contributed by atoms with Crippen LogP contribution in [0.2, 0.25) is 0 Å². The van der Waals surface area contributed by atoms with Crippen molar-refractivity contribution in [3.05, 3.63) is 59.7 Å². The number of rotatable bonds is 10. The van der Waals surface area contributed by atoms with Crippen LogP contribution in [-0.2, 0) is 21.2 Å². The second kappa shape index (κ2) is 10.3. The average Bonchev–Trinajstić information content (AvgIpc) is 2.69. The molecule has 0 spiro atoms. The van der Waals surface area contributed by atoms with Crippen molar-refractivity contribution < 1.29 is 17.9 Å². The van der Waals surface area contributed by atoms with E-state index in [1.807, 2.05) is 36.4 Å². The minimum absolute atomic E-state index is 0.242. The van der Waals surface area contributed by atoms with Crippen molar-refractivity contribution in [3.8, 4) is 5.75 Å². The lowest BCUT2D eigenvalue weighted by atomic mass is 10.0. The highest BCUT2D eigenvalue weighted by atomic mass is 32.2. The van der Waals surface area contributed by atoms with Gasteiger partial charge in [0.15, 0.2) is 0 Å². The van der Waals surface area contributed by atoms with Crippen LogP contribution in [0.3, 0.4) is 0 Å². The summed E-state index contributed by atoms with van der Waals surface area (Å²) in [6.45, 7) is 4.36. The smallest absolute Gasteiger partial charge is 0.240 e. The number of ether oxygens (including phenoxy) is 1. The first kappa shape index (κ1) is 22.7. The van der Waals surface area contributed by atoms with Crippen molar-refractivity contribution in [1.82, 2.24) is 5.32 Å². The van der Waals surface area contributed by atoms with Crippen LogP contribution in [0.4, 0.5) is 5.69 Å². The van der Waals surface area contributed by atoms with Crippen molar-refractivity contribution in [2.24, 2.45) is 0 Å². The summed E-state index contributed by atoms with van der Waals surface area (Å²) in [6, 6.07) is 15.0. The average molecular weight is 419 g/mol. The minimum Gasteiger partial charge on any atom is -0.496 e. The molecule has 6 nitrogen and oxygen atoms in total. The lowest BCUT2D eigenvalue weighted by molar-refractivity contribution is -0.119. The number of amides is 1. The molecule has 2 aromatic rings. The number of anilines is 1. The molecule has 2 aromatic carbocycles. The van der Waals surface area contributed by atoms with Gasteiger partial charge in [-0.3, -0.25) is 9.10 Å². The molecule has 0 saturated carbocycles. The van der Waals surface area contributed by atoms with E-state index in [2.05, 4.69) is 19.2 Å². The van der Waals surface area contributed by atoms with E-state index in [9.17, 15) is 13.2 Å². The van der Waals surface area contributed by atoms with Gasteiger partial charge in [-0.25, -0.2) is 8.42 Å². The molecule has 1 N–H and O–H groups in total. The Morgan fingerprint density at radius 3 is 2.34 bits per heavy atom. The van der Waals surface area contributed by atoms with E-state index < -0.39 is 10.0 Å². The summed E-state index contributed by atoms with van der Waals surface area (Å²) in [6.07, 6.45) is 2.60. The maximum absolute atomic E-state index is 12.3. The Morgan fingerprint density at radius 1 is 1.10 bits per heavy atom. The van der Waals surface area contributed by atoms with Gasteiger partial charge in [-0.05, 0) is 48.1 Å². The molecule has 0 aromatic heterocycles. The first-order valence-electron chi connectivity index (χ1n) is 9.68. The molecule has 158 valence electrons. The summed E-state index contributed by atoms with van der Waals surface area (Å²) in [5.41, 5.74) is 2.68. The third-order valence-corrected chi connectivity index (χ3v) is 5.81. The van der Waals surface area contributed by atoms with Crippen LogP contribution in [-0.4, -0.2) is 40.8 Å². The Labute approximate surface area is 173 Å². The highest BCUT2D eigenvalue weighted by molar-refractivity contribution is 7.92. The van der Waals surface area contributed by atoms with Crippen molar-refractivity contribution in [2.75, 3.05) is 30.8 Å².